The maximum atomic E-state index is 12.1. The van der Waals surface area contributed by atoms with Crippen molar-refractivity contribution in [2.45, 2.75) is 31.8 Å². The highest BCUT2D eigenvalue weighted by Crippen LogP contribution is 2.38. The number of aliphatic imine (C=N–C) groups is 1. The summed E-state index contributed by atoms with van der Waals surface area (Å²) in [4.78, 5) is 19.1. The van der Waals surface area contributed by atoms with Gasteiger partial charge in [-0.05, 0) is 31.4 Å². The summed E-state index contributed by atoms with van der Waals surface area (Å²) in [5, 5.41) is 3.30. The number of allylic oxidation sites excluding steroid dienone is 1. The quantitative estimate of drug-likeness (QED) is 0.852. The van der Waals surface area contributed by atoms with Crippen molar-refractivity contribution in [2.24, 2.45) is 4.99 Å². The molecule has 0 aliphatic carbocycles. The highest BCUT2D eigenvalue weighted by Gasteiger charge is 2.44. The topological polar surface area (TPSA) is 53.9 Å². The van der Waals surface area contributed by atoms with E-state index in [1.807, 2.05) is 25.1 Å². The Morgan fingerprint density at radius 2 is 2.09 bits per heavy atom. The molecule has 0 amide bonds. The first-order valence-electron chi connectivity index (χ1n) is 7.89. The highest BCUT2D eigenvalue weighted by molar-refractivity contribution is 5.98. The average molecular weight is 309 g/mol. The van der Waals surface area contributed by atoms with E-state index < -0.39 is 0 Å². The lowest BCUT2D eigenvalue weighted by Gasteiger charge is -2.39. The Balaban J connectivity index is 1.76. The van der Waals surface area contributed by atoms with Gasteiger partial charge in [-0.1, -0.05) is 30.3 Å². The molecular weight excluding hydrogens is 290 g/mol. The fourth-order valence-corrected chi connectivity index (χ4v) is 3.73. The number of hydrogen-bond donors (Lipinski definition) is 1. The smallest absolute Gasteiger partial charge is 0.337 e. The molecule has 1 aromatic rings. The summed E-state index contributed by atoms with van der Waals surface area (Å²) in [6.45, 7) is 1.92. The molecule has 2 atom stereocenters. The third kappa shape index (κ3) is 2.15. The lowest BCUT2D eigenvalue weighted by atomic mass is 10.0. The van der Waals surface area contributed by atoms with E-state index in [0.29, 0.717) is 0 Å². The van der Waals surface area contributed by atoms with Gasteiger partial charge in [-0.25, -0.2) is 9.79 Å². The van der Waals surface area contributed by atoms with Crippen LogP contribution in [0.25, 0.3) is 5.70 Å². The number of esters is 1. The molecule has 0 saturated carbocycles. The monoisotopic (exact) mass is 309 g/mol. The molecule has 1 fully saturated rings. The van der Waals surface area contributed by atoms with Crippen molar-refractivity contribution in [2.75, 3.05) is 7.11 Å². The Kier molecular flexibility index (Phi) is 3.22. The van der Waals surface area contributed by atoms with Gasteiger partial charge in [0.1, 0.15) is 0 Å². The third-order valence-corrected chi connectivity index (χ3v) is 4.76. The van der Waals surface area contributed by atoms with Crippen molar-refractivity contribution in [3.05, 3.63) is 53.2 Å². The first-order chi connectivity index (χ1) is 11.2. The van der Waals surface area contributed by atoms with Gasteiger partial charge in [0.05, 0.1) is 30.5 Å². The molecule has 1 aromatic carbocycles. The molecule has 3 aliphatic heterocycles. The van der Waals surface area contributed by atoms with Crippen LogP contribution in [0.1, 0.15) is 25.3 Å². The molecule has 0 bridgehead atoms. The standard InChI is InChI=1S/C18H19N3O2/c1-11-16(17(22)23-2)15-9-8-13-10-14(12-6-4-3-5-7-12)20-18(19-11)21(13)15/h3-7,10,13,15H,8-9H2,1-2H3,(H,19,20)/t13-,15+/m1/s1. The van der Waals surface area contributed by atoms with Crippen molar-refractivity contribution in [3.8, 4) is 0 Å². The van der Waals surface area contributed by atoms with Crippen LogP contribution < -0.4 is 5.32 Å². The normalized spacial score (nSPS) is 25.4. The number of nitrogens with one attached hydrogen (secondary N) is 1. The minimum atomic E-state index is -0.252. The summed E-state index contributed by atoms with van der Waals surface area (Å²) in [6.07, 6.45) is 4.15. The first kappa shape index (κ1) is 14.1. The van der Waals surface area contributed by atoms with Gasteiger partial charge in [0.25, 0.3) is 0 Å². The van der Waals surface area contributed by atoms with E-state index in [2.05, 4.69) is 28.4 Å². The molecule has 0 aromatic heterocycles. The van der Waals surface area contributed by atoms with Crippen LogP contribution in [0.15, 0.2) is 52.7 Å². The molecule has 5 heteroatoms. The summed E-state index contributed by atoms with van der Waals surface area (Å²) in [6, 6.07) is 10.5. The van der Waals surface area contributed by atoms with Crippen molar-refractivity contribution in [1.29, 1.82) is 0 Å². The van der Waals surface area contributed by atoms with E-state index in [0.717, 1.165) is 41.3 Å². The SMILES string of the molecule is COC(=O)C1=C(C)NC2=NC(c3ccccc3)=C[C@H]3CC[C@@H]1N23. The fraction of sp³-hybridized carbons (Fsp3) is 0.333. The highest BCUT2D eigenvalue weighted by atomic mass is 16.5. The second-order valence-electron chi connectivity index (χ2n) is 6.08. The fourth-order valence-electron chi connectivity index (χ4n) is 3.73. The molecule has 0 radical (unpaired) electrons. The predicted molar refractivity (Wildman–Crippen MR) is 88.4 cm³/mol. The molecule has 1 N–H and O–H groups in total. The molecule has 3 aliphatic rings. The molecule has 23 heavy (non-hydrogen) atoms. The van der Waals surface area contributed by atoms with Crippen LogP contribution in [0.4, 0.5) is 0 Å². The molecule has 118 valence electrons. The van der Waals surface area contributed by atoms with Crippen molar-refractivity contribution in [3.63, 3.8) is 0 Å². The number of rotatable bonds is 2. The Morgan fingerprint density at radius 1 is 1.30 bits per heavy atom. The number of methoxy groups -OCH3 is 1. The van der Waals surface area contributed by atoms with E-state index in [1.54, 1.807) is 0 Å². The average Bonchev–Trinajstić information content (AvgIpc) is 3.00. The van der Waals surface area contributed by atoms with Gasteiger partial charge < -0.3 is 15.0 Å². The van der Waals surface area contributed by atoms with Gasteiger partial charge in [-0.3, -0.25) is 0 Å². The zero-order valence-corrected chi connectivity index (χ0v) is 13.2. The lowest BCUT2D eigenvalue weighted by molar-refractivity contribution is -0.136. The van der Waals surface area contributed by atoms with Crippen LogP contribution >= 0.6 is 0 Å². The zero-order chi connectivity index (χ0) is 16.0. The van der Waals surface area contributed by atoms with E-state index in [-0.39, 0.29) is 18.1 Å². The van der Waals surface area contributed by atoms with Gasteiger partial charge >= 0.3 is 5.97 Å². The predicted octanol–water partition coefficient (Wildman–Crippen LogP) is 2.28. The molecule has 0 spiro atoms. The summed E-state index contributed by atoms with van der Waals surface area (Å²) >= 11 is 0. The van der Waals surface area contributed by atoms with E-state index in [1.165, 1.54) is 7.11 Å². The second kappa shape index (κ2) is 5.26. The van der Waals surface area contributed by atoms with Crippen LogP contribution in [-0.2, 0) is 9.53 Å². The van der Waals surface area contributed by atoms with Crippen LogP contribution in [0.2, 0.25) is 0 Å². The van der Waals surface area contributed by atoms with Crippen LogP contribution in [0.5, 0.6) is 0 Å². The second-order valence-corrected chi connectivity index (χ2v) is 6.08. The van der Waals surface area contributed by atoms with Gasteiger partial charge in [0.2, 0.25) is 5.96 Å². The van der Waals surface area contributed by atoms with Crippen molar-refractivity contribution >= 4 is 17.6 Å². The number of guanidine groups is 1. The summed E-state index contributed by atoms with van der Waals surface area (Å²) in [7, 11) is 1.43. The first-order valence-corrected chi connectivity index (χ1v) is 7.89. The Morgan fingerprint density at radius 3 is 2.83 bits per heavy atom. The van der Waals surface area contributed by atoms with Gasteiger partial charge in [-0.2, -0.15) is 0 Å². The van der Waals surface area contributed by atoms with E-state index in [4.69, 9.17) is 9.73 Å². The maximum absolute atomic E-state index is 12.1. The minimum Gasteiger partial charge on any atom is -0.466 e. The Labute approximate surface area is 135 Å². The largest absolute Gasteiger partial charge is 0.466 e. The molecule has 1 saturated heterocycles. The van der Waals surface area contributed by atoms with Crippen molar-refractivity contribution in [1.82, 2.24) is 10.2 Å². The number of carbonyl (C=O) groups is 1. The van der Waals surface area contributed by atoms with Crippen molar-refractivity contribution < 1.29 is 9.53 Å². The van der Waals surface area contributed by atoms with E-state index >= 15 is 0 Å². The molecule has 3 heterocycles. The van der Waals surface area contributed by atoms with Crippen LogP contribution in [0.3, 0.4) is 0 Å². The third-order valence-electron chi connectivity index (χ3n) is 4.76. The summed E-state index contributed by atoms with van der Waals surface area (Å²) in [5.41, 5.74) is 3.67. The number of nitrogens with zero attached hydrogens (tertiary/aromatic N) is 2. The van der Waals surface area contributed by atoms with Crippen LogP contribution in [-0.4, -0.2) is 36.0 Å². The lowest BCUT2D eigenvalue weighted by Crippen LogP contribution is -2.54. The van der Waals surface area contributed by atoms with Gasteiger partial charge in [0, 0.05) is 5.70 Å². The van der Waals surface area contributed by atoms with Crippen LogP contribution in [0, 0.1) is 0 Å². The molecular formula is C18H19N3O2. The number of ether oxygens (including phenoxy) is 1. The molecule has 5 nitrogen and oxygen atoms in total. The molecule has 4 rings (SSSR count). The number of benzene rings is 1. The molecule has 0 unspecified atom stereocenters. The van der Waals surface area contributed by atoms with Gasteiger partial charge in [-0.15, -0.1) is 0 Å². The van der Waals surface area contributed by atoms with E-state index in [9.17, 15) is 4.79 Å². The number of carbonyl (C=O) groups excluding carboxylic acids is 1. The summed E-state index contributed by atoms with van der Waals surface area (Å²) < 4.78 is 4.96. The Hall–Kier alpha value is -2.56. The zero-order valence-electron chi connectivity index (χ0n) is 13.2. The summed E-state index contributed by atoms with van der Waals surface area (Å²) in [5.74, 6) is 0.585. The van der Waals surface area contributed by atoms with Gasteiger partial charge in [0.15, 0.2) is 0 Å². The maximum Gasteiger partial charge on any atom is 0.337 e. The number of hydrogen-bond acceptors (Lipinski definition) is 5. The Bertz CT molecular complexity index is 749. The minimum absolute atomic E-state index is 0.0565.